The van der Waals surface area contributed by atoms with Gasteiger partial charge in [0.05, 0.1) is 58.4 Å². The number of aliphatic hydroxyl groups is 3. The lowest BCUT2D eigenvalue weighted by atomic mass is 9.47. The number of H-pyrrole nitrogens is 1. The predicted molar refractivity (Wildman–Crippen MR) is 337 cm³/mol. The fraction of sp³-hybridized carbons (Fsp3) is 0.619. The number of rotatable bonds is 22. The van der Waals surface area contributed by atoms with Crippen molar-refractivity contribution in [2.24, 2.45) is 11.3 Å². The summed E-state index contributed by atoms with van der Waals surface area (Å²) in [6, 6.07) is 11.8. The maximum atomic E-state index is 15.6. The van der Waals surface area contributed by atoms with Crippen LogP contribution < -0.4 is 15.0 Å². The van der Waals surface area contributed by atoms with Crippen molar-refractivity contribution in [3.63, 3.8) is 0 Å². The molecule has 3 aromatic heterocycles. The Bertz CT molecular complexity index is 3280. The molecule has 0 unspecified atom stereocenters. The fourth-order valence-electron chi connectivity index (χ4n) is 16.1. The molecule has 0 bridgehead atoms. The van der Waals surface area contributed by atoms with Gasteiger partial charge in [-0.05, 0) is 120 Å². The van der Waals surface area contributed by atoms with Crippen LogP contribution in [0.15, 0.2) is 72.3 Å². The van der Waals surface area contributed by atoms with Crippen LogP contribution in [0.4, 0.5) is 5.69 Å². The van der Waals surface area contributed by atoms with E-state index in [0.29, 0.717) is 108 Å². The third-order valence-corrected chi connectivity index (χ3v) is 29.4. The lowest BCUT2D eigenvalue weighted by Crippen LogP contribution is -2.81. The van der Waals surface area contributed by atoms with Gasteiger partial charge in [-0.15, -0.1) is 5.10 Å². The van der Waals surface area contributed by atoms with Crippen molar-refractivity contribution in [3.05, 3.63) is 101 Å². The molecule has 4 aliphatic heterocycles. The standard InChI is InChI=1S/C63H92N10O10SSi2/c1-13-59(77)33-42(3)34-62(57(76)81-8,52-46(21-26-70(4)40-59)45-19-15-16-20-49(45)67-52)48-31-47-50(32-51(48)80-7)71(5)54-61(47)23-27-72-25-17-22-60(14-2,53(61)72)55(74)63(54,78)56(75)64-24-18-30-85(9,10)83-86(11,12)41-84-58-65-35-43(36-66-58)37-73-38-44(68-69-73)39-82-29-28-79-6/h15-17,19-20,22,31-32,35-36,38,42,53-55,67,74,77-78H,13-14,18,21,23-30,33-34,37,39-41H2,1-12H3,(H,64,75)/t42-,53-,54+,55+,59-,60+,61+,62-,63-/m0/s1. The Morgan fingerprint density at radius 1 is 0.953 bits per heavy atom. The molecule has 2 fully saturated rings. The van der Waals surface area contributed by atoms with Crippen LogP contribution >= 0.6 is 11.8 Å². The van der Waals surface area contributed by atoms with Crippen molar-refractivity contribution in [2.75, 3.05) is 91.6 Å². The quantitative estimate of drug-likeness (QED) is 0.0121. The van der Waals surface area contributed by atoms with Gasteiger partial charge in [0, 0.05) is 114 Å². The van der Waals surface area contributed by atoms with Crippen molar-refractivity contribution in [1.82, 2.24) is 45.1 Å². The second kappa shape index (κ2) is 25.1. The van der Waals surface area contributed by atoms with E-state index in [9.17, 15) is 15.3 Å². The first-order valence-corrected chi connectivity index (χ1v) is 38.0. The van der Waals surface area contributed by atoms with E-state index < -0.39 is 68.1 Å². The highest BCUT2D eigenvalue weighted by molar-refractivity contribution is 8.00. The molecule has 1 saturated carbocycles. The number of likely N-dealkylation sites (N-methyl/N-ethyl adjacent to an activating group) is 2. The van der Waals surface area contributed by atoms with Gasteiger partial charge in [-0.3, -0.25) is 14.5 Å². The number of para-hydroxylation sites is 1. The molecular formula is C63H92N10O10SSi2. The zero-order valence-corrected chi connectivity index (χ0v) is 55.4. The molecule has 7 heterocycles. The van der Waals surface area contributed by atoms with Crippen molar-refractivity contribution in [3.8, 4) is 5.75 Å². The molecule has 2 aromatic carbocycles. The van der Waals surface area contributed by atoms with Crippen molar-refractivity contribution in [1.29, 1.82) is 0 Å². The molecule has 20 nitrogen and oxygen atoms in total. The number of hydrogen-bond acceptors (Lipinski definition) is 18. The Hall–Kier alpha value is -5.06. The summed E-state index contributed by atoms with van der Waals surface area (Å²) in [6.07, 6.45) is 11.7. The minimum Gasteiger partial charge on any atom is -0.496 e. The largest absolute Gasteiger partial charge is 0.496 e. The number of methoxy groups -OCH3 is 3. The molecule has 1 spiro atoms. The lowest BCUT2D eigenvalue weighted by molar-refractivity contribution is -0.203. The van der Waals surface area contributed by atoms with Crippen LogP contribution in [-0.2, 0) is 58.3 Å². The minimum atomic E-state index is -2.30. The first-order valence-electron chi connectivity index (χ1n) is 30.7. The summed E-state index contributed by atoms with van der Waals surface area (Å²) < 4.78 is 32.0. The third kappa shape index (κ3) is 11.5. The van der Waals surface area contributed by atoms with Gasteiger partial charge in [-0.25, -0.2) is 14.6 Å². The minimum absolute atomic E-state index is 0.198. The van der Waals surface area contributed by atoms with E-state index in [2.05, 4.69) is 105 Å². The summed E-state index contributed by atoms with van der Waals surface area (Å²) in [5, 5.41) is 53.4. The first-order chi connectivity index (χ1) is 41.0. The van der Waals surface area contributed by atoms with E-state index >= 15 is 9.59 Å². The molecule has 468 valence electrons. The smallest absolute Gasteiger partial charge is 0.322 e. The third-order valence-electron chi connectivity index (χ3n) is 19.6. The second-order valence-corrected chi connectivity index (χ2v) is 36.6. The van der Waals surface area contributed by atoms with Crippen LogP contribution in [0.2, 0.25) is 32.2 Å². The Labute approximate surface area is 513 Å². The average molecular weight is 1240 g/mol. The van der Waals surface area contributed by atoms with Crippen LogP contribution in [0.1, 0.15) is 92.9 Å². The monoisotopic (exact) mass is 1240 g/mol. The van der Waals surface area contributed by atoms with Crippen LogP contribution in [0.3, 0.4) is 0 Å². The van der Waals surface area contributed by atoms with Gasteiger partial charge in [-0.1, -0.05) is 68.1 Å². The topological polar surface area (TPSA) is 235 Å². The van der Waals surface area contributed by atoms with Gasteiger partial charge < -0.3 is 58.5 Å². The predicted octanol–water partition coefficient (Wildman–Crippen LogP) is 6.74. The van der Waals surface area contributed by atoms with Gasteiger partial charge in [-0.2, -0.15) is 0 Å². The number of benzene rings is 2. The van der Waals surface area contributed by atoms with E-state index in [1.54, 1.807) is 30.7 Å². The highest BCUT2D eigenvalue weighted by atomic mass is 32.2. The summed E-state index contributed by atoms with van der Waals surface area (Å²) in [7, 11) is 4.14. The summed E-state index contributed by atoms with van der Waals surface area (Å²) in [6.45, 7) is 19.6. The number of nitrogens with one attached hydrogen (secondary N) is 2. The maximum absolute atomic E-state index is 15.6. The van der Waals surface area contributed by atoms with E-state index in [-0.39, 0.29) is 24.9 Å². The number of esters is 1. The maximum Gasteiger partial charge on any atom is 0.322 e. The Morgan fingerprint density at radius 3 is 2.44 bits per heavy atom. The molecule has 9 atom stereocenters. The summed E-state index contributed by atoms with van der Waals surface area (Å²) >= 11 is 1.60. The van der Waals surface area contributed by atoms with E-state index in [4.69, 9.17) is 23.1 Å². The highest BCUT2D eigenvalue weighted by Gasteiger charge is 2.78. The highest BCUT2D eigenvalue weighted by Crippen LogP contribution is 2.67. The zero-order chi connectivity index (χ0) is 61.6. The number of nitrogens with zero attached hydrogens (tertiary/aromatic N) is 8. The van der Waals surface area contributed by atoms with Crippen LogP contribution in [-0.4, -0.2) is 200 Å². The van der Waals surface area contributed by atoms with E-state index in [0.717, 1.165) is 56.1 Å². The van der Waals surface area contributed by atoms with E-state index in [1.165, 1.54) is 7.11 Å². The van der Waals surface area contributed by atoms with Gasteiger partial charge >= 0.3 is 5.97 Å². The summed E-state index contributed by atoms with van der Waals surface area (Å²) in [5.74, 6) is -0.812. The number of aliphatic hydroxyl groups excluding tert-OH is 1. The number of aromatic amines is 1. The molecular weight excluding hydrogens is 1140 g/mol. The van der Waals surface area contributed by atoms with Gasteiger partial charge in [0.15, 0.2) is 27.4 Å². The number of β-amino-alcohol motifs (C(OH)–C–C–N with tert-alkyl or cyclic N) is 1. The Balaban J connectivity index is 0.920. The Kier molecular flexibility index (Phi) is 18.6. The molecule has 5 aliphatic rings. The molecule has 5 aromatic rings. The Morgan fingerprint density at radius 2 is 1.72 bits per heavy atom. The summed E-state index contributed by atoms with van der Waals surface area (Å²) in [5.41, 5.74) is -0.212. The molecule has 1 saturated heterocycles. The fourth-order valence-corrected chi connectivity index (χ4v) is 26.5. The van der Waals surface area contributed by atoms with Crippen LogP contribution in [0, 0.1) is 11.3 Å². The van der Waals surface area contributed by atoms with Crippen molar-refractivity contribution >= 4 is 56.9 Å². The van der Waals surface area contributed by atoms with Crippen LogP contribution in [0.5, 0.6) is 5.75 Å². The van der Waals surface area contributed by atoms with E-state index in [1.807, 2.05) is 68.7 Å². The number of anilines is 1. The number of thioether (sulfide) groups is 1. The van der Waals surface area contributed by atoms with Crippen LogP contribution in [0.25, 0.3) is 10.9 Å². The number of carbonyl (C=O) groups is 2. The summed E-state index contributed by atoms with van der Waals surface area (Å²) in [4.78, 5) is 50.9. The number of ether oxygens (including phenoxy) is 4. The normalized spacial score (nSPS) is 28.6. The average Bonchev–Trinajstić information content (AvgIpc) is 1.44. The number of fused-ring (bicyclic) bond motifs is 4. The molecule has 1 amide bonds. The van der Waals surface area contributed by atoms with Gasteiger partial charge in [0.25, 0.3) is 5.91 Å². The SMILES string of the molecule is CC[C@]1(O)C[C@H](C)C[C@](C(=O)OC)(c2cc3c(cc2OC)N(C)[C@H]2[C@@](O)(C(=O)NCCC[Si](C)(C)O[Si](C)(C)CSc4ncc(Cn5cc(COCCOC)nn5)cn4)[C@H](O)[C@]4(CC)C=CCN5CC[C@]32[C@@H]54)c2[nH]c3ccccc3c2CCN(C)C1. The molecule has 10 rings (SSSR count). The number of amides is 1. The first kappa shape index (κ1) is 63.9. The number of aromatic nitrogens is 6. The zero-order valence-electron chi connectivity index (χ0n) is 52.6. The van der Waals surface area contributed by atoms with Gasteiger partial charge in [0.1, 0.15) is 23.0 Å². The molecule has 23 heteroatoms. The molecule has 1 aliphatic carbocycles. The number of carbonyl (C=O) groups excluding carboxylic acids is 2. The van der Waals surface area contributed by atoms with Crippen molar-refractivity contribution in [2.45, 2.75) is 156 Å². The van der Waals surface area contributed by atoms with Gasteiger partial charge in [0.2, 0.25) is 0 Å². The molecule has 0 radical (unpaired) electrons. The molecule has 86 heavy (non-hydrogen) atoms. The lowest BCUT2D eigenvalue weighted by Gasteiger charge is -2.63. The second-order valence-electron chi connectivity index (χ2n) is 26.5. The van der Waals surface area contributed by atoms with Crippen molar-refractivity contribution < 1.29 is 48.0 Å². The molecule has 5 N–H and O–H groups in total. The number of hydrogen-bond donors (Lipinski definition) is 5.